The number of nitro groups is 2. The van der Waals surface area contributed by atoms with Gasteiger partial charge in [0.2, 0.25) is 11.8 Å². The molecule has 2 aliphatic carbocycles. The quantitative estimate of drug-likeness (QED) is 0.0395. The van der Waals surface area contributed by atoms with E-state index in [1.807, 2.05) is 43.3 Å². The van der Waals surface area contributed by atoms with Crippen LogP contribution in [0.3, 0.4) is 0 Å². The third-order valence-corrected chi connectivity index (χ3v) is 15.3. The fourth-order valence-electron chi connectivity index (χ4n) is 8.06. The maximum Gasteiger partial charge on any atom is 0.296 e. The van der Waals surface area contributed by atoms with E-state index in [0.717, 1.165) is 33.9 Å². The number of non-ortho nitro benzene ring substituents is 2. The third-order valence-electron chi connectivity index (χ3n) is 11.8. The first-order chi connectivity index (χ1) is 33.6. The molecule has 0 atom stereocenters. The van der Waals surface area contributed by atoms with Gasteiger partial charge in [-0.05, 0) is 80.4 Å². The van der Waals surface area contributed by atoms with Crippen LogP contribution in [0.2, 0.25) is 0 Å². The minimum atomic E-state index is -3.78. The number of ether oxygens (including phenoxy) is 4. The van der Waals surface area contributed by atoms with E-state index >= 15 is 0 Å². The van der Waals surface area contributed by atoms with Crippen molar-refractivity contribution in [1.29, 1.82) is 0 Å². The molecule has 0 spiro atoms. The van der Waals surface area contributed by atoms with Crippen LogP contribution in [0, 0.1) is 27.2 Å². The summed E-state index contributed by atoms with van der Waals surface area (Å²) in [6.45, 7) is 5.91. The number of rotatable bonds is 17. The molecule has 2 amide bonds. The molecule has 0 radical (unpaired) electrons. The number of aliphatic hydroxyl groups is 1. The predicted molar refractivity (Wildman–Crippen MR) is 260 cm³/mol. The lowest BCUT2D eigenvalue weighted by Crippen LogP contribution is -2.39. The van der Waals surface area contributed by atoms with E-state index in [9.17, 15) is 38.2 Å². The van der Waals surface area contributed by atoms with Crippen molar-refractivity contribution in [3.63, 3.8) is 0 Å². The van der Waals surface area contributed by atoms with E-state index in [2.05, 4.69) is 0 Å². The Balaban J connectivity index is 0.000000196. The Morgan fingerprint density at radius 2 is 1.03 bits per heavy atom. The Morgan fingerprint density at radius 1 is 0.614 bits per heavy atom. The van der Waals surface area contributed by atoms with Crippen LogP contribution < -0.4 is 19.3 Å². The van der Waals surface area contributed by atoms with Crippen LogP contribution in [0.5, 0.6) is 11.5 Å². The highest BCUT2D eigenvalue weighted by molar-refractivity contribution is 8.00. The number of nitrogens with zero attached hydrogens (tertiary/aromatic N) is 4. The normalized spacial score (nSPS) is 18.6. The Hall–Kier alpha value is -6.07. The molecule has 5 aromatic rings. The summed E-state index contributed by atoms with van der Waals surface area (Å²) in [4.78, 5) is 52.4. The highest BCUT2D eigenvalue weighted by atomic mass is 32.2. The van der Waals surface area contributed by atoms with Crippen molar-refractivity contribution in [3.05, 3.63) is 123 Å². The van der Waals surface area contributed by atoms with E-state index in [-0.39, 0.29) is 65.7 Å². The summed E-state index contributed by atoms with van der Waals surface area (Å²) in [6, 6.07) is 26.5. The molecule has 18 nitrogen and oxygen atoms in total. The zero-order valence-corrected chi connectivity index (χ0v) is 40.8. The molecule has 5 aromatic carbocycles. The van der Waals surface area contributed by atoms with Crippen LogP contribution in [0.4, 0.5) is 34.1 Å². The monoisotopic (exact) mass is 1010 g/mol. The Kier molecular flexibility index (Phi) is 15.8. The SMILES string of the molecule is CC(=O)N1c2ccc(OC3CC(OCCCO)C3)cc2Sc2cc([N+](=O)[O-])ccc21.CC(=O)N1c2ccc(OC3CC(OCCCOS(=O)(=O)c4ccc(C)cc4)C3)cc2Sc2cc([N+](=O)[O-])ccc21. The maximum atomic E-state index is 12.4. The van der Waals surface area contributed by atoms with Gasteiger partial charge in [0.1, 0.15) is 23.7 Å². The number of hydrogen-bond donors (Lipinski definition) is 1. The number of aliphatic hydroxyl groups excluding tert-OH is 1. The molecule has 368 valence electrons. The number of fused-ring (bicyclic) bond motifs is 4. The summed E-state index contributed by atoms with van der Waals surface area (Å²) < 4.78 is 53.2. The van der Waals surface area contributed by atoms with E-state index in [0.29, 0.717) is 77.2 Å². The van der Waals surface area contributed by atoms with Gasteiger partial charge in [0, 0.05) is 103 Å². The number of carbonyl (C=O) groups is 2. The maximum absolute atomic E-state index is 12.4. The van der Waals surface area contributed by atoms with Crippen LogP contribution in [0.15, 0.2) is 122 Å². The average molecular weight is 1020 g/mol. The molecule has 1 N–H and O–H groups in total. The molecule has 0 bridgehead atoms. The van der Waals surface area contributed by atoms with E-state index in [4.69, 9.17) is 28.2 Å². The second-order valence-electron chi connectivity index (χ2n) is 16.9. The van der Waals surface area contributed by atoms with Crippen molar-refractivity contribution in [1.82, 2.24) is 0 Å². The van der Waals surface area contributed by atoms with E-state index < -0.39 is 20.0 Å². The highest BCUT2D eigenvalue weighted by Crippen LogP contribution is 2.52. The largest absolute Gasteiger partial charge is 0.490 e. The van der Waals surface area contributed by atoms with Gasteiger partial charge in [-0.1, -0.05) is 41.2 Å². The van der Waals surface area contributed by atoms with Crippen molar-refractivity contribution in [2.24, 2.45) is 0 Å². The molecule has 0 saturated heterocycles. The van der Waals surface area contributed by atoms with Crippen LogP contribution in [0.1, 0.15) is 57.9 Å². The first-order valence-electron chi connectivity index (χ1n) is 22.5. The van der Waals surface area contributed by atoms with Crippen LogP contribution in [-0.2, 0) is 33.4 Å². The van der Waals surface area contributed by atoms with Gasteiger partial charge in [-0.15, -0.1) is 0 Å². The molecule has 9 rings (SSSR count). The summed E-state index contributed by atoms with van der Waals surface area (Å²) in [5.41, 5.74) is 3.61. The summed E-state index contributed by atoms with van der Waals surface area (Å²) in [5, 5.41) is 31.2. The lowest BCUT2D eigenvalue weighted by molar-refractivity contribution is -0.385. The smallest absolute Gasteiger partial charge is 0.296 e. The molecule has 0 unspecified atom stereocenters. The van der Waals surface area contributed by atoms with Gasteiger partial charge in [0.15, 0.2) is 0 Å². The number of amides is 2. The van der Waals surface area contributed by atoms with Crippen LogP contribution >= 0.6 is 23.5 Å². The van der Waals surface area contributed by atoms with Crippen molar-refractivity contribution in [2.45, 2.75) is 108 Å². The molecule has 2 heterocycles. The minimum absolute atomic E-state index is 0.0117. The van der Waals surface area contributed by atoms with Gasteiger partial charge in [0.05, 0.1) is 56.3 Å². The lowest BCUT2D eigenvalue weighted by Gasteiger charge is -2.35. The minimum Gasteiger partial charge on any atom is -0.490 e. The number of carbonyl (C=O) groups excluding carboxylic acids is 2. The van der Waals surface area contributed by atoms with Gasteiger partial charge < -0.3 is 24.1 Å². The van der Waals surface area contributed by atoms with Crippen molar-refractivity contribution < 1.29 is 56.1 Å². The zero-order valence-electron chi connectivity index (χ0n) is 38.4. The second kappa shape index (κ2) is 21.9. The number of aryl methyl sites for hydroxylation is 1. The fourth-order valence-corrected chi connectivity index (χ4v) is 11.2. The third kappa shape index (κ3) is 11.7. The van der Waals surface area contributed by atoms with Gasteiger partial charge in [0.25, 0.3) is 21.5 Å². The molecule has 2 fully saturated rings. The van der Waals surface area contributed by atoms with Gasteiger partial charge in [-0.2, -0.15) is 8.42 Å². The summed E-state index contributed by atoms with van der Waals surface area (Å²) >= 11 is 2.75. The second-order valence-corrected chi connectivity index (χ2v) is 20.7. The zero-order chi connectivity index (χ0) is 49.7. The van der Waals surface area contributed by atoms with E-state index in [1.54, 1.807) is 34.1 Å². The number of hydrogen-bond acceptors (Lipinski definition) is 16. The summed E-state index contributed by atoms with van der Waals surface area (Å²) in [6.07, 6.45) is 4.27. The molecule has 0 aromatic heterocycles. The Labute approximate surface area is 412 Å². The molecule has 2 aliphatic heterocycles. The van der Waals surface area contributed by atoms with E-state index in [1.165, 1.54) is 73.8 Å². The van der Waals surface area contributed by atoms with Crippen molar-refractivity contribution in [3.8, 4) is 11.5 Å². The van der Waals surface area contributed by atoms with Gasteiger partial charge >= 0.3 is 0 Å². The Morgan fingerprint density at radius 3 is 1.44 bits per heavy atom. The molecule has 70 heavy (non-hydrogen) atoms. The number of anilines is 4. The lowest BCUT2D eigenvalue weighted by atomic mass is 9.92. The highest BCUT2D eigenvalue weighted by Gasteiger charge is 2.35. The standard InChI is InChI=1S/C28H28N2O8S2.C21H22N2O6S/c1-18-4-8-24(9-5-18)40(34,35)37-13-3-12-36-22-15-23(16-22)38-21-7-11-26-28(17-21)39-27-14-20(30(32)33)6-10-25(27)29(26)19(2)31;1-13(25)22-18-5-3-14(23(26)27)9-20(18)30-21-12-15(4-6-19(21)22)29-17-10-16(11-17)28-8-2-7-24/h4-11,14,17,22-23H,3,12-13,15-16H2,1-2H3;3-6,9,12,16-17,24H,2,7-8,10-11H2,1H3. The molecule has 21 heteroatoms. The first kappa shape index (κ1) is 50.3. The van der Waals surface area contributed by atoms with Crippen molar-refractivity contribution in [2.75, 3.05) is 36.2 Å². The number of nitro benzene ring substituents is 2. The molecular formula is C49H50N4O14S3. The predicted octanol–water partition coefficient (Wildman–Crippen LogP) is 9.83. The number of benzene rings is 5. The van der Waals surface area contributed by atoms with Gasteiger partial charge in [-0.25, -0.2) is 0 Å². The van der Waals surface area contributed by atoms with Crippen molar-refractivity contribution >= 4 is 79.6 Å². The van der Waals surface area contributed by atoms with Gasteiger partial charge in [-0.3, -0.25) is 43.8 Å². The Bertz CT molecular complexity index is 2890. The summed E-state index contributed by atoms with van der Waals surface area (Å²) in [5.74, 6) is 0.976. The topological polar surface area (TPSA) is 227 Å². The average Bonchev–Trinajstić information content (AvgIpc) is 3.30. The van der Waals surface area contributed by atoms with Crippen LogP contribution in [-0.4, -0.2) is 86.0 Å². The molecule has 4 aliphatic rings. The summed E-state index contributed by atoms with van der Waals surface area (Å²) in [7, 11) is -3.78. The first-order valence-corrected chi connectivity index (χ1v) is 25.6. The fraction of sp³-hybridized carbons (Fsp3) is 0.347. The molecule has 2 saturated carbocycles. The van der Waals surface area contributed by atoms with Crippen LogP contribution in [0.25, 0.3) is 0 Å². The molecular weight excluding hydrogens is 965 g/mol.